The molecule has 0 radical (unpaired) electrons. The van der Waals surface area contributed by atoms with Crippen LogP contribution in [0.1, 0.15) is 12.0 Å². The van der Waals surface area contributed by atoms with Crippen LogP contribution in [0.5, 0.6) is 11.5 Å². The third kappa shape index (κ3) is 5.12. The highest BCUT2D eigenvalue weighted by atomic mass is 35.5. The van der Waals surface area contributed by atoms with Crippen LogP contribution < -0.4 is 20.1 Å². The van der Waals surface area contributed by atoms with Crippen LogP contribution in [0.4, 0.5) is 11.4 Å². The van der Waals surface area contributed by atoms with Gasteiger partial charge in [0.05, 0.1) is 24.9 Å². The molecule has 0 unspecified atom stereocenters. The molecule has 0 heterocycles. The van der Waals surface area contributed by atoms with E-state index in [9.17, 15) is 9.59 Å². The minimum atomic E-state index is -0.453. The molecule has 0 atom stereocenters. The van der Waals surface area contributed by atoms with Gasteiger partial charge in [0, 0.05) is 5.69 Å². The van der Waals surface area contributed by atoms with E-state index in [1.807, 2.05) is 13.0 Å². The Morgan fingerprint density at radius 3 is 2.24 bits per heavy atom. The monoisotopic (exact) mass is 362 g/mol. The number of hydrogen-bond acceptors (Lipinski definition) is 4. The van der Waals surface area contributed by atoms with Gasteiger partial charge in [-0.3, -0.25) is 9.59 Å². The van der Waals surface area contributed by atoms with Gasteiger partial charge in [-0.1, -0.05) is 17.7 Å². The van der Waals surface area contributed by atoms with Crippen molar-refractivity contribution in [3.05, 3.63) is 47.0 Å². The summed E-state index contributed by atoms with van der Waals surface area (Å²) in [5.74, 6) is 0.136. The maximum absolute atomic E-state index is 12.1. The number of ether oxygens (including phenoxy) is 2. The van der Waals surface area contributed by atoms with E-state index in [1.165, 1.54) is 14.2 Å². The lowest BCUT2D eigenvalue weighted by molar-refractivity contribution is -0.123. The van der Waals surface area contributed by atoms with Gasteiger partial charge in [-0.2, -0.15) is 0 Å². The Hall–Kier alpha value is -2.73. The summed E-state index contributed by atoms with van der Waals surface area (Å²) in [6, 6.07) is 10.2. The SMILES string of the molecule is COc1ccc(NC(=O)CC(=O)Nc2cc(C)ccc2OC)cc1Cl. The maximum Gasteiger partial charge on any atom is 0.233 e. The average Bonchev–Trinajstić information content (AvgIpc) is 2.55. The molecule has 0 aromatic heterocycles. The first-order chi connectivity index (χ1) is 11.9. The Labute approximate surface area is 151 Å². The van der Waals surface area contributed by atoms with Crippen LogP contribution in [0.15, 0.2) is 36.4 Å². The summed E-state index contributed by atoms with van der Waals surface area (Å²) >= 11 is 6.00. The lowest BCUT2D eigenvalue weighted by atomic mass is 10.2. The van der Waals surface area contributed by atoms with E-state index in [4.69, 9.17) is 21.1 Å². The molecule has 6 nitrogen and oxygen atoms in total. The van der Waals surface area contributed by atoms with Crippen LogP contribution in [0.2, 0.25) is 5.02 Å². The van der Waals surface area contributed by atoms with E-state index < -0.39 is 11.8 Å². The molecule has 2 amide bonds. The van der Waals surface area contributed by atoms with Gasteiger partial charge in [-0.05, 0) is 42.8 Å². The zero-order valence-corrected chi connectivity index (χ0v) is 14.9. The first-order valence-corrected chi connectivity index (χ1v) is 7.88. The summed E-state index contributed by atoms with van der Waals surface area (Å²) in [6.45, 7) is 1.90. The normalized spacial score (nSPS) is 10.1. The quantitative estimate of drug-likeness (QED) is 0.769. The number of nitrogens with one attached hydrogen (secondary N) is 2. The van der Waals surface area contributed by atoms with E-state index in [1.54, 1.807) is 30.3 Å². The second kappa shape index (κ2) is 8.39. The number of benzene rings is 2. The smallest absolute Gasteiger partial charge is 0.233 e. The van der Waals surface area contributed by atoms with Crippen molar-refractivity contribution in [1.82, 2.24) is 0 Å². The molecule has 0 saturated carbocycles. The summed E-state index contributed by atoms with van der Waals surface area (Å²) in [5.41, 5.74) is 1.97. The predicted molar refractivity (Wildman–Crippen MR) is 97.6 cm³/mol. The fourth-order valence-electron chi connectivity index (χ4n) is 2.21. The molecule has 25 heavy (non-hydrogen) atoms. The van der Waals surface area contributed by atoms with Crippen molar-refractivity contribution in [2.45, 2.75) is 13.3 Å². The first-order valence-electron chi connectivity index (χ1n) is 7.51. The number of amides is 2. The first kappa shape index (κ1) is 18.6. The molecular weight excluding hydrogens is 344 g/mol. The highest BCUT2D eigenvalue weighted by Gasteiger charge is 2.13. The Kier molecular flexibility index (Phi) is 6.25. The van der Waals surface area contributed by atoms with Crippen molar-refractivity contribution in [3.8, 4) is 11.5 Å². The highest BCUT2D eigenvalue weighted by Crippen LogP contribution is 2.27. The molecular formula is C18H19ClN2O4. The number of anilines is 2. The number of rotatable bonds is 6. The second-order valence-electron chi connectivity index (χ2n) is 5.33. The van der Waals surface area contributed by atoms with E-state index in [-0.39, 0.29) is 6.42 Å². The molecule has 0 bridgehead atoms. The molecule has 0 fully saturated rings. The van der Waals surface area contributed by atoms with Gasteiger partial charge in [0.15, 0.2) is 0 Å². The summed E-state index contributed by atoms with van der Waals surface area (Å²) in [5, 5.41) is 5.67. The molecule has 0 aliphatic carbocycles. The molecule has 132 valence electrons. The van der Waals surface area contributed by atoms with Gasteiger partial charge in [-0.25, -0.2) is 0 Å². The summed E-state index contributed by atoms with van der Waals surface area (Å²) in [6.07, 6.45) is -0.333. The zero-order valence-electron chi connectivity index (χ0n) is 14.2. The van der Waals surface area contributed by atoms with Gasteiger partial charge >= 0.3 is 0 Å². The molecule has 7 heteroatoms. The van der Waals surface area contributed by atoms with Gasteiger partial charge < -0.3 is 20.1 Å². The van der Waals surface area contributed by atoms with E-state index >= 15 is 0 Å². The largest absolute Gasteiger partial charge is 0.495 e. The molecule has 0 spiro atoms. The van der Waals surface area contributed by atoms with Crippen molar-refractivity contribution in [3.63, 3.8) is 0 Å². The van der Waals surface area contributed by atoms with Gasteiger partial charge in [0.1, 0.15) is 17.9 Å². The third-order valence-corrected chi connectivity index (χ3v) is 3.68. The van der Waals surface area contributed by atoms with E-state index in [0.717, 1.165) is 5.56 Å². The Balaban J connectivity index is 1.97. The third-order valence-electron chi connectivity index (χ3n) is 3.39. The van der Waals surface area contributed by atoms with Crippen LogP contribution >= 0.6 is 11.6 Å². The minimum Gasteiger partial charge on any atom is -0.495 e. The van der Waals surface area contributed by atoms with Crippen LogP contribution in [-0.2, 0) is 9.59 Å². The number of carbonyl (C=O) groups excluding carboxylic acids is 2. The number of carbonyl (C=O) groups is 2. The topological polar surface area (TPSA) is 76.7 Å². The molecule has 0 aliphatic heterocycles. The summed E-state index contributed by atoms with van der Waals surface area (Å²) in [7, 11) is 3.02. The van der Waals surface area contributed by atoms with Crippen LogP contribution in [-0.4, -0.2) is 26.0 Å². The van der Waals surface area contributed by atoms with Crippen LogP contribution in [0.25, 0.3) is 0 Å². The standard InChI is InChI=1S/C18H19ClN2O4/c1-11-4-6-16(25-3)14(8-11)21-18(23)10-17(22)20-12-5-7-15(24-2)13(19)9-12/h4-9H,10H2,1-3H3,(H,20,22)(H,21,23). The van der Waals surface area contributed by atoms with Crippen LogP contribution in [0.3, 0.4) is 0 Å². The maximum atomic E-state index is 12.1. The lowest BCUT2D eigenvalue weighted by Crippen LogP contribution is -2.21. The fraction of sp³-hybridized carbons (Fsp3) is 0.222. The Morgan fingerprint density at radius 1 is 0.960 bits per heavy atom. The van der Waals surface area contributed by atoms with E-state index in [2.05, 4.69) is 10.6 Å². The van der Waals surface area contributed by atoms with Crippen molar-refractivity contribution in [2.75, 3.05) is 24.9 Å². The van der Waals surface area contributed by atoms with Crippen molar-refractivity contribution in [2.24, 2.45) is 0 Å². The molecule has 2 aromatic rings. The fourth-order valence-corrected chi connectivity index (χ4v) is 2.47. The second-order valence-corrected chi connectivity index (χ2v) is 5.73. The Bertz CT molecular complexity index is 793. The van der Waals surface area contributed by atoms with Crippen molar-refractivity contribution < 1.29 is 19.1 Å². The summed E-state index contributed by atoms with van der Waals surface area (Å²) in [4.78, 5) is 24.1. The van der Waals surface area contributed by atoms with Gasteiger partial charge in [0.2, 0.25) is 11.8 Å². The minimum absolute atomic E-state index is 0.333. The number of aryl methyl sites for hydroxylation is 1. The molecule has 2 aromatic carbocycles. The molecule has 0 saturated heterocycles. The number of hydrogen-bond donors (Lipinski definition) is 2. The predicted octanol–water partition coefficient (Wildman–Crippen LogP) is 3.63. The number of methoxy groups -OCH3 is 2. The molecule has 2 rings (SSSR count). The van der Waals surface area contributed by atoms with E-state index in [0.29, 0.717) is 27.9 Å². The van der Waals surface area contributed by atoms with Gasteiger partial charge in [-0.15, -0.1) is 0 Å². The van der Waals surface area contributed by atoms with Gasteiger partial charge in [0.25, 0.3) is 0 Å². The van der Waals surface area contributed by atoms with Crippen molar-refractivity contribution >= 4 is 34.8 Å². The molecule has 0 aliphatic rings. The molecule has 2 N–H and O–H groups in total. The van der Waals surface area contributed by atoms with Crippen molar-refractivity contribution in [1.29, 1.82) is 0 Å². The lowest BCUT2D eigenvalue weighted by Gasteiger charge is -2.11. The highest BCUT2D eigenvalue weighted by molar-refractivity contribution is 6.32. The summed E-state index contributed by atoms with van der Waals surface area (Å²) < 4.78 is 10.2. The average molecular weight is 363 g/mol. The van der Waals surface area contributed by atoms with Crippen LogP contribution in [0, 0.1) is 6.92 Å². The number of halogens is 1. The zero-order chi connectivity index (χ0) is 18.4. The Morgan fingerprint density at radius 2 is 1.60 bits per heavy atom.